The molecule has 4 nitrogen and oxygen atoms in total. The molecule has 0 bridgehead atoms. The molecule has 0 saturated heterocycles. The normalized spacial score (nSPS) is 17.2. The van der Waals surface area contributed by atoms with Gasteiger partial charge in [-0.3, -0.25) is 4.57 Å². The van der Waals surface area contributed by atoms with Gasteiger partial charge in [0.05, 0.1) is 13.2 Å². The van der Waals surface area contributed by atoms with Gasteiger partial charge in [-0.1, -0.05) is 98.8 Å². The fraction of sp³-hybridized carbons (Fsp3) is 1.00. The number of hydrogen-bond donors (Lipinski definition) is 1. The second-order valence-corrected chi connectivity index (χ2v) is 10.6. The first kappa shape index (κ1) is 28.1. The number of unbranched alkanes of at least 4 members (excludes halogenated alkanes) is 5. The van der Waals surface area contributed by atoms with Gasteiger partial charge in [-0.2, -0.15) is 0 Å². The van der Waals surface area contributed by atoms with E-state index in [1.807, 2.05) is 0 Å². The molecule has 0 aliphatic rings. The maximum absolute atomic E-state index is 13.6. The average molecular weight is 420 g/mol. The predicted octanol–water partition coefficient (Wildman–Crippen LogP) is 7.90. The maximum Gasteiger partial charge on any atom is 0.347 e. The quantitative estimate of drug-likeness (QED) is 0.161. The first-order chi connectivity index (χ1) is 13.5. The van der Waals surface area contributed by atoms with Crippen molar-refractivity contribution in [2.24, 2.45) is 17.6 Å². The molecule has 0 aromatic carbocycles. The Morgan fingerprint density at radius 3 is 1.54 bits per heavy atom. The van der Waals surface area contributed by atoms with Gasteiger partial charge >= 0.3 is 7.60 Å². The molecule has 170 valence electrons. The topological polar surface area (TPSA) is 61.6 Å². The van der Waals surface area contributed by atoms with Crippen LogP contribution in [0.15, 0.2) is 0 Å². The molecule has 0 fully saturated rings. The molecule has 0 aliphatic carbocycles. The van der Waals surface area contributed by atoms with Crippen LogP contribution in [0.2, 0.25) is 0 Å². The van der Waals surface area contributed by atoms with Crippen molar-refractivity contribution in [2.75, 3.05) is 13.2 Å². The highest BCUT2D eigenvalue weighted by Gasteiger charge is 2.34. The van der Waals surface area contributed by atoms with Crippen LogP contribution in [0.1, 0.15) is 118 Å². The standard InChI is InChI=1S/C23H50NO3P/c1-6-11-14-15-18-23(24)28(25,26-19-21(9-4)16-12-7-2)27-20-22(10-5)17-13-8-3/h21-23H,6-20,24H2,1-5H3. The van der Waals surface area contributed by atoms with Gasteiger partial charge < -0.3 is 14.8 Å². The van der Waals surface area contributed by atoms with Gasteiger partial charge in [0.25, 0.3) is 0 Å². The van der Waals surface area contributed by atoms with Crippen LogP contribution >= 0.6 is 7.60 Å². The molecular weight excluding hydrogens is 369 g/mol. The van der Waals surface area contributed by atoms with E-state index >= 15 is 0 Å². The summed E-state index contributed by atoms with van der Waals surface area (Å²) in [5, 5.41) is 0. The van der Waals surface area contributed by atoms with Crippen molar-refractivity contribution in [1.82, 2.24) is 0 Å². The molecule has 0 aliphatic heterocycles. The minimum Gasteiger partial charge on any atom is -0.318 e. The van der Waals surface area contributed by atoms with Gasteiger partial charge in [0, 0.05) is 0 Å². The van der Waals surface area contributed by atoms with E-state index in [0.717, 1.165) is 44.9 Å². The second-order valence-electron chi connectivity index (χ2n) is 8.38. The van der Waals surface area contributed by atoms with Gasteiger partial charge in [0.2, 0.25) is 0 Å². The fourth-order valence-corrected chi connectivity index (χ4v) is 5.18. The summed E-state index contributed by atoms with van der Waals surface area (Å²) in [6, 6.07) is 0. The van der Waals surface area contributed by atoms with E-state index < -0.39 is 13.4 Å². The summed E-state index contributed by atoms with van der Waals surface area (Å²) in [6.45, 7) is 12.0. The highest BCUT2D eigenvalue weighted by Crippen LogP contribution is 2.53. The first-order valence-corrected chi connectivity index (χ1v) is 13.7. The van der Waals surface area contributed by atoms with Crippen molar-refractivity contribution >= 4 is 7.60 Å². The smallest absolute Gasteiger partial charge is 0.318 e. The van der Waals surface area contributed by atoms with Crippen molar-refractivity contribution < 1.29 is 13.6 Å². The highest BCUT2D eigenvalue weighted by atomic mass is 31.2. The lowest BCUT2D eigenvalue weighted by Crippen LogP contribution is -2.25. The van der Waals surface area contributed by atoms with Crippen LogP contribution in [-0.4, -0.2) is 19.0 Å². The molecule has 0 heterocycles. The van der Waals surface area contributed by atoms with Crippen molar-refractivity contribution in [2.45, 2.75) is 124 Å². The Morgan fingerprint density at radius 1 is 0.679 bits per heavy atom. The zero-order valence-electron chi connectivity index (χ0n) is 19.6. The third-order valence-corrected chi connectivity index (χ3v) is 7.92. The Morgan fingerprint density at radius 2 is 1.14 bits per heavy atom. The van der Waals surface area contributed by atoms with Crippen molar-refractivity contribution in [1.29, 1.82) is 0 Å². The molecule has 0 saturated carbocycles. The van der Waals surface area contributed by atoms with E-state index in [4.69, 9.17) is 14.8 Å². The minimum absolute atomic E-state index is 0.436. The molecule has 3 atom stereocenters. The van der Waals surface area contributed by atoms with E-state index in [2.05, 4.69) is 34.6 Å². The lowest BCUT2D eigenvalue weighted by molar-refractivity contribution is 0.145. The van der Waals surface area contributed by atoms with Crippen LogP contribution in [0.3, 0.4) is 0 Å². The zero-order valence-corrected chi connectivity index (χ0v) is 20.5. The summed E-state index contributed by atoms with van der Waals surface area (Å²) in [5.41, 5.74) is 6.38. The van der Waals surface area contributed by atoms with Gasteiger partial charge in [-0.25, -0.2) is 0 Å². The second kappa shape index (κ2) is 17.9. The van der Waals surface area contributed by atoms with Crippen LogP contribution in [0.4, 0.5) is 0 Å². The third-order valence-electron chi connectivity index (χ3n) is 5.83. The lowest BCUT2D eigenvalue weighted by Gasteiger charge is -2.28. The van der Waals surface area contributed by atoms with Gasteiger partial charge in [-0.15, -0.1) is 0 Å². The van der Waals surface area contributed by atoms with Crippen LogP contribution in [0.5, 0.6) is 0 Å². The van der Waals surface area contributed by atoms with Gasteiger partial charge in [0.15, 0.2) is 0 Å². The molecule has 0 spiro atoms. The molecule has 0 amide bonds. The van der Waals surface area contributed by atoms with E-state index in [0.29, 0.717) is 25.0 Å². The number of rotatable bonds is 20. The Bertz CT molecular complexity index is 368. The van der Waals surface area contributed by atoms with Crippen molar-refractivity contribution in [3.05, 3.63) is 0 Å². The summed E-state index contributed by atoms with van der Waals surface area (Å²) in [4.78, 5) is 0. The first-order valence-electron chi connectivity index (χ1n) is 12.1. The Hall–Kier alpha value is 0.110. The van der Waals surface area contributed by atoms with Crippen LogP contribution in [0, 0.1) is 11.8 Å². The Labute approximate surface area is 176 Å². The summed E-state index contributed by atoms with van der Waals surface area (Å²) in [6.07, 6.45) is 14.3. The zero-order chi connectivity index (χ0) is 21.3. The van der Waals surface area contributed by atoms with Crippen molar-refractivity contribution in [3.63, 3.8) is 0 Å². The Balaban J connectivity index is 4.88. The molecule has 2 N–H and O–H groups in total. The molecule has 0 aromatic heterocycles. The summed E-state index contributed by atoms with van der Waals surface area (Å²) < 4.78 is 25.6. The van der Waals surface area contributed by atoms with E-state index in [1.54, 1.807) is 0 Å². The van der Waals surface area contributed by atoms with Crippen LogP contribution < -0.4 is 5.73 Å². The SMILES string of the molecule is CCCCCCC(N)P(=O)(OCC(CC)CCCC)OCC(CC)CCCC. The molecule has 5 heteroatoms. The molecular formula is C23H50NO3P. The molecule has 0 aromatic rings. The molecule has 28 heavy (non-hydrogen) atoms. The lowest BCUT2D eigenvalue weighted by atomic mass is 10.0. The summed E-state index contributed by atoms with van der Waals surface area (Å²) in [7, 11) is -3.28. The average Bonchev–Trinajstić information content (AvgIpc) is 2.71. The minimum atomic E-state index is -3.28. The summed E-state index contributed by atoms with van der Waals surface area (Å²) in [5.74, 6) is 0.370. The van der Waals surface area contributed by atoms with Crippen LogP contribution in [-0.2, 0) is 13.6 Å². The molecule has 3 unspecified atom stereocenters. The van der Waals surface area contributed by atoms with E-state index in [9.17, 15) is 4.57 Å². The van der Waals surface area contributed by atoms with Crippen molar-refractivity contribution in [3.8, 4) is 0 Å². The van der Waals surface area contributed by atoms with Gasteiger partial charge in [0.1, 0.15) is 5.78 Å². The maximum atomic E-state index is 13.6. The van der Waals surface area contributed by atoms with Crippen LogP contribution in [0.25, 0.3) is 0 Å². The fourth-order valence-electron chi connectivity index (χ4n) is 3.38. The monoisotopic (exact) mass is 419 g/mol. The molecule has 0 rings (SSSR count). The highest BCUT2D eigenvalue weighted by molar-refractivity contribution is 7.54. The van der Waals surface area contributed by atoms with E-state index in [-0.39, 0.29) is 0 Å². The predicted molar refractivity (Wildman–Crippen MR) is 123 cm³/mol. The van der Waals surface area contributed by atoms with Gasteiger partial charge in [-0.05, 0) is 31.1 Å². The van der Waals surface area contributed by atoms with E-state index in [1.165, 1.54) is 38.5 Å². The number of hydrogen-bond acceptors (Lipinski definition) is 4. The molecule has 0 radical (unpaired) electrons. The third kappa shape index (κ3) is 12.6. The summed E-state index contributed by atoms with van der Waals surface area (Å²) >= 11 is 0. The Kier molecular flexibility index (Phi) is 18.0. The number of nitrogens with two attached hydrogens (primary N) is 1. The largest absolute Gasteiger partial charge is 0.347 e.